The average Bonchev–Trinajstić information content (AvgIpc) is 2.68. The zero-order valence-corrected chi connectivity index (χ0v) is 14.8. The highest BCUT2D eigenvalue weighted by atomic mass is 19.1. The quantitative estimate of drug-likeness (QED) is 0.553. The van der Waals surface area contributed by atoms with Crippen molar-refractivity contribution in [1.82, 2.24) is 0 Å². The number of halogens is 1. The van der Waals surface area contributed by atoms with Crippen LogP contribution in [-0.4, -0.2) is 12.3 Å². The van der Waals surface area contributed by atoms with E-state index in [1.165, 1.54) is 12.1 Å². The van der Waals surface area contributed by atoms with Gasteiger partial charge in [-0.3, -0.25) is 0 Å². The summed E-state index contributed by atoms with van der Waals surface area (Å²) in [5, 5.41) is 0. The van der Waals surface area contributed by atoms with E-state index in [9.17, 15) is 9.18 Å². The topological polar surface area (TPSA) is 55.6 Å². The van der Waals surface area contributed by atoms with Crippen molar-refractivity contribution in [2.45, 2.75) is 18.6 Å². The summed E-state index contributed by atoms with van der Waals surface area (Å²) in [6.07, 6.45) is 0.871. The number of fused-ring (bicyclic) bond motifs is 1. The molecule has 0 aliphatic carbocycles. The number of benzene rings is 3. The highest BCUT2D eigenvalue weighted by Crippen LogP contribution is 2.48. The fourth-order valence-electron chi connectivity index (χ4n) is 3.59. The van der Waals surface area contributed by atoms with E-state index in [1.807, 2.05) is 48.2 Å². The van der Waals surface area contributed by atoms with Gasteiger partial charge in [-0.05, 0) is 48.9 Å². The van der Waals surface area contributed by atoms with Crippen molar-refractivity contribution in [3.05, 3.63) is 84.2 Å². The molecule has 136 valence electrons. The summed E-state index contributed by atoms with van der Waals surface area (Å²) in [5.74, 6) is 0.238. The molecule has 0 spiro atoms. The van der Waals surface area contributed by atoms with Crippen LogP contribution in [-0.2, 0) is 10.4 Å². The molecule has 2 unspecified atom stereocenters. The van der Waals surface area contributed by atoms with Gasteiger partial charge in [0, 0.05) is 17.4 Å². The number of nitrogens with zero attached hydrogens (tertiary/aromatic N) is 1. The van der Waals surface area contributed by atoms with E-state index in [1.54, 1.807) is 24.3 Å². The molecule has 3 aromatic rings. The van der Waals surface area contributed by atoms with Crippen LogP contribution in [0.15, 0.2) is 72.8 Å². The molecule has 0 fully saturated rings. The zero-order valence-electron chi connectivity index (χ0n) is 14.8. The lowest BCUT2D eigenvalue weighted by atomic mass is 9.85. The first kappa shape index (κ1) is 17.1. The third kappa shape index (κ3) is 2.81. The minimum atomic E-state index is -0.946. The summed E-state index contributed by atoms with van der Waals surface area (Å²) in [7, 11) is 0. The molecule has 0 bridgehead atoms. The number of rotatable bonds is 3. The first-order valence-electron chi connectivity index (χ1n) is 8.67. The molecule has 0 radical (unpaired) electrons. The maximum absolute atomic E-state index is 13.5. The van der Waals surface area contributed by atoms with Crippen LogP contribution in [0.4, 0.5) is 21.5 Å². The summed E-state index contributed by atoms with van der Waals surface area (Å²) >= 11 is 0. The Hall–Kier alpha value is -3.34. The summed E-state index contributed by atoms with van der Waals surface area (Å²) in [4.78, 5) is 14.1. The van der Waals surface area contributed by atoms with Gasteiger partial charge in [-0.1, -0.05) is 30.3 Å². The van der Waals surface area contributed by atoms with Gasteiger partial charge < -0.3 is 20.2 Å². The van der Waals surface area contributed by atoms with Gasteiger partial charge in [0.2, 0.25) is 0 Å². The summed E-state index contributed by atoms with van der Waals surface area (Å²) < 4.78 is 19.8. The van der Waals surface area contributed by atoms with Crippen molar-refractivity contribution in [1.29, 1.82) is 0 Å². The standard InChI is InChI=1S/C22H19FN2O2/c1-22(15-5-3-2-4-6-15)21(14-26)25(18-10-7-16(23)8-11-18)19-12-9-17(24)13-20(19)27-22/h2-14,21H,24H2,1H3. The minimum absolute atomic E-state index is 0.335. The largest absolute Gasteiger partial charge is 0.478 e. The number of carbonyl (C=O) groups is 1. The van der Waals surface area contributed by atoms with Crippen LogP contribution in [0, 0.1) is 5.82 Å². The SMILES string of the molecule is CC1(c2ccccc2)Oc2cc(N)ccc2N(c2ccc(F)cc2)C1C=O. The van der Waals surface area contributed by atoms with Crippen molar-refractivity contribution in [2.24, 2.45) is 0 Å². The fourth-order valence-corrected chi connectivity index (χ4v) is 3.59. The highest BCUT2D eigenvalue weighted by Gasteiger charge is 2.47. The maximum Gasteiger partial charge on any atom is 0.159 e. The van der Waals surface area contributed by atoms with Crippen LogP contribution in [0.2, 0.25) is 0 Å². The van der Waals surface area contributed by atoms with Crippen molar-refractivity contribution in [2.75, 3.05) is 10.6 Å². The number of nitrogens with two attached hydrogens (primary N) is 1. The van der Waals surface area contributed by atoms with Crippen LogP contribution in [0.3, 0.4) is 0 Å². The second-order valence-corrected chi connectivity index (χ2v) is 6.73. The van der Waals surface area contributed by atoms with E-state index < -0.39 is 11.6 Å². The second kappa shape index (κ2) is 6.43. The predicted molar refractivity (Wildman–Crippen MR) is 104 cm³/mol. The number of aldehydes is 1. The van der Waals surface area contributed by atoms with E-state index in [4.69, 9.17) is 10.5 Å². The summed E-state index contributed by atoms with van der Waals surface area (Å²) in [6, 6.07) is 20.3. The molecule has 3 aromatic carbocycles. The molecular weight excluding hydrogens is 343 g/mol. The minimum Gasteiger partial charge on any atom is -0.478 e. The van der Waals surface area contributed by atoms with Crippen molar-refractivity contribution >= 4 is 23.3 Å². The fraction of sp³-hybridized carbons (Fsp3) is 0.136. The molecule has 2 atom stereocenters. The molecule has 1 aliphatic rings. The van der Waals surface area contributed by atoms with Crippen molar-refractivity contribution in [3.63, 3.8) is 0 Å². The van der Waals surface area contributed by atoms with E-state index in [2.05, 4.69) is 0 Å². The monoisotopic (exact) mass is 362 g/mol. The van der Waals surface area contributed by atoms with Crippen molar-refractivity contribution in [3.8, 4) is 5.75 Å². The molecule has 0 amide bonds. The third-order valence-corrected chi connectivity index (χ3v) is 4.99. The molecular formula is C22H19FN2O2. The Labute approximate surface area is 157 Å². The van der Waals surface area contributed by atoms with E-state index in [-0.39, 0.29) is 5.82 Å². The van der Waals surface area contributed by atoms with Crippen molar-refractivity contribution < 1.29 is 13.9 Å². The van der Waals surface area contributed by atoms with Crippen LogP contribution >= 0.6 is 0 Å². The van der Waals surface area contributed by atoms with Gasteiger partial charge in [-0.15, -0.1) is 0 Å². The zero-order chi connectivity index (χ0) is 19.0. The van der Waals surface area contributed by atoms with Gasteiger partial charge >= 0.3 is 0 Å². The van der Waals surface area contributed by atoms with E-state index in [0.717, 1.165) is 11.8 Å². The Morgan fingerprint density at radius 2 is 1.78 bits per heavy atom. The molecule has 0 saturated heterocycles. The molecule has 4 nitrogen and oxygen atoms in total. The first-order chi connectivity index (χ1) is 13.0. The molecule has 1 heterocycles. The Kier molecular flexibility index (Phi) is 4.07. The molecule has 0 saturated carbocycles. The van der Waals surface area contributed by atoms with Gasteiger partial charge in [-0.2, -0.15) is 0 Å². The molecule has 2 N–H and O–H groups in total. The molecule has 4 rings (SSSR count). The third-order valence-electron chi connectivity index (χ3n) is 4.99. The lowest BCUT2D eigenvalue weighted by molar-refractivity contribution is -0.113. The smallest absolute Gasteiger partial charge is 0.159 e. The van der Waals surface area contributed by atoms with Gasteiger partial charge in [0.05, 0.1) is 5.69 Å². The number of ether oxygens (including phenoxy) is 1. The van der Waals surface area contributed by atoms with Crippen LogP contribution < -0.4 is 15.4 Å². The number of nitrogen functional groups attached to an aromatic ring is 1. The van der Waals surface area contributed by atoms with Gasteiger partial charge in [0.15, 0.2) is 5.60 Å². The summed E-state index contributed by atoms with van der Waals surface area (Å²) in [6.45, 7) is 1.88. The number of carbonyl (C=O) groups excluding carboxylic acids is 1. The predicted octanol–water partition coefficient (Wildman–Crippen LogP) is 4.42. The maximum atomic E-state index is 13.5. The highest BCUT2D eigenvalue weighted by molar-refractivity contribution is 5.82. The van der Waals surface area contributed by atoms with E-state index >= 15 is 0 Å². The number of hydrogen-bond acceptors (Lipinski definition) is 4. The lowest BCUT2D eigenvalue weighted by Gasteiger charge is -2.47. The van der Waals surface area contributed by atoms with Gasteiger partial charge in [0.1, 0.15) is 23.9 Å². The van der Waals surface area contributed by atoms with Gasteiger partial charge in [-0.25, -0.2) is 4.39 Å². The normalized spacial score (nSPS) is 21.3. The van der Waals surface area contributed by atoms with Crippen LogP contribution in [0.5, 0.6) is 5.75 Å². The molecule has 27 heavy (non-hydrogen) atoms. The van der Waals surface area contributed by atoms with Gasteiger partial charge in [0.25, 0.3) is 0 Å². The lowest BCUT2D eigenvalue weighted by Crippen LogP contribution is -2.55. The van der Waals surface area contributed by atoms with E-state index in [0.29, 0.717) is 22.8 Å². The summed E-state index contributed by atoms with van der Waals surface area (Å²) in [5.41, 5.74) is 7.85. The molecule has 5 heteroatoms. The van der Waals surface area contributed by atoms with Crippen LogP contribution in [0.1, 0.15) is 12.5 Å². The Bertz CT molecular complexity index is 975. The molecule has 1 aliphatic heterocycles. The Balaban J connectivity index is 1.95. The first-order valence-corrected chi connectivity index (χ1v) is 8.67. The second-order valence-electron chi connectivity index (χ2n) is 6.73. The van der Waals surface area contributed by atoms with Crippen LogP contribution in [0.25, 0.3) is 0 Å². The Morgan fingerprint density at radius 3 is 2.44 bits per heavy atom. The molecule has 0 aromatic heterocycles. The Morgan fingerprint density at radius 1 is 1.07 bits per heavy atom. The number of hydrogen-bond donors (Lipinski definition) is 1. The number of anilines is 3. The average molecular weight is 362 g/mol.